The Kier molecular flexibility index (Phi) is 6.27. The highest BCUT2D eigenvalue weighted by molar-refractivity contribution is 7.99. The predicted molar refractivity (Wildman–Crippen MR) is 98.7 cm³/mol. The molecule has 0 saturated heterocycles. The molecule has 3 rings (SSSR count). The number of pyridine rings is 1. The number of thiazole rings is 1. The monoisotopic (exact) mass is 365 g/mol. The van der Waals surface area contributed by atoms with Crippen LogP contribution in [0, 0.1) is 6.92 Å². The van der Waals surface area contributed by atoms with E-state index in [-0.39, 0.29) is 12.4 Å². The fraction of sp³-hybridized carbons (Fsp3) is 0.125. The van der Waals surface area contributed by atoms with Crippen molar-refractivity contribution in [1.29, 1.82) is 0 Å². The second-order valence-corrected chi connectivity index (χ2v) is 6.52. The van der Waals surface area contributed by atoms with Gasteiger partial charge in [0.05, 0.1) is 17.7 Å². The summed E-state index contributed by atoms with van der Waals surface area (Å²) in [7, 11) is 1.67. The minimum absolute atomic E-state index is 0. The van der Waals surface area contributed by atoms with E-state index in [4.69, 9.17) is 4.74 Å². The predicted octanol–water partition coefficient (Wildman–Crippen LogP) is 5.17. The van der Waals surface area contributed by atoms with Crippen LogP contribution < -0.4 is 10.1 Å². The van der Waals surface area contributed by atoms with Crippen LogP contribution in [0.2, 0.25) is 0 Å². The van der Waals surface area contributed by atoms with Crippen molar-refractivity contribution >= 4 is 46.5 Å². The van der Waals surface area contributed by atoms with Crippen LogP contribution in [0.25, 0.3) is 0 Å². The number of rotatable bonds is 5. The van der Waals surface area contributed by atoms with Crippen LogP contribution in [0.1, 0.15) is 5.69 Å². The SMILES string of the molecule is COc1cccc(Sc2cccnc2Nc2nc(C)cs2)c1.Cl. The van der Waals surface area contributed by atoms with E-state index in [0.29, 0.717) is 0 Å². The quantitative estimate of drug-likeness (QED) is 0.675. The van der Waals surface area contributed by atoms with Gasteiger partial charge in [-0.25, -0.2) is 9.97 Å². The van der Waals surface area contributed by atoms with E-state index in [9.17, 15) is 0 Å². The number of methoxy groups -OCH3 is 1. The Morgan fingerprint density at radius 1 is 1.22 bits per heavy atom. The number of ether oxygens (including phenoxy) is 1. The van der Waals surface area contributed by atoms with Crippen molar-refractivity contribution in [2.24, 2.45) is 0 Å². The lowest BCUT2D eigenvalue weighted by Gasteiger charge is -2.09. The molecule has 2 heterocycles. The van der Waals surface area contributed by atoms with E-state index in [1.165, 1.54) is 0 Å². The van der Waals surface area contributed by atoms with Crippen LogP contribution in [-0.2, 0) is 0 Å². The molecule has 2 aromatic heterocycles. The Morgan fingerprint density at radius 2 is 2.09 bits per heavy atom. The summed E-state index contributed by atoms with van der Waals surface area (Å²) in [5.41, 5.74) is 1.01. The van der Waals surface area contributed by atoms with Gasteiger partial charge in [0.1, 0.15) is 11.6 Å². The number of nitrogens with zero attached hydrogens (tertiary/aromatic N) is 2. The van der Waals surface area contributed by atoms with Crippen molar-refractivity contribution in [3.05, 3.63) is 53.7 Å². The molecule has 0 fully saturated rings. The van der Waals surface area contributed by atoms with Gasteiger partial charge in [0.2, 0.25) is 0 Å². The van der Waals surface area contributed by atoms with Gasteiger partial charge < -0.3 is 10.1 Å². The number of aromatic nitrogens is 2. The first-order valence-electron chi connectivity index (χ1n) is 6.70. The van der Waals surface area contributed by atoms with E-state index in [1.54, 1.807) is 36.4 Å². The normalized spacial score (nSPS) is 10.0. The zero-order chi connectivity index (χ0) is 15.4. The molecule has 1 aromatic carbocycles. The van der Waals surface area contributed by atoms with Crippen LogP contribution in [0.15, 0.2) is 57.8 Å². The van der Waals surface area contributed by atoms with E-state index in [0.717, 1.165) is 32.2 Å². The third kappa shape index (κ3) is 4.60. The average Bonchev–Trinajstić information content (AvgIpc) is 2.94. The third-order valence-electron chi connectivity index (χ3n) is 2.88. The second kappa shape index (κ2) is 8.19. The molecule has 1 N–H and O–H groups in total. The first-order chi connectivity index (χ1) is 10.7. The van der Waals surface area contributed by atoms with Gasteiger partial charge in [0.25, 0.3) is 0 Å². The minimum atomic E-state index is 0. The van der Waals surface area contributed by atoms with Crippen molar-refractivity contribution < 1.29 is 4.74 Å². The van der Waals surface area contributed by atoms with Crippen molar-refractivity contribution in [1.82, 2.24) is 9.97 Å². The van der Waals surface area contributed by atoms with Crippen LogP contribution >= 0.6 is 35.5 Å². The number of nitrogens with one attached hydrogen (secondary N) is 1. The Bertz CT molecular complexity index is 779. The molecule has 0 amide bonds. The smallest absolute Gasteiger partial charge is 0.188 e. The molecule has 0 atom stereocenters. The zero-order valence-electron chi connectivity index (χ0n) is 12.6. The molecule has 0 spiro atoms. The number of hydrogen-bond acceptors (Lipinski definition) is 6. The number of hydrogen-bond donors (Lipinski definition) is 1. The van der Waals surface area contributed by atoms with Crippen molar-refractivity contribution in [2.75, 3.05) is 12.4 Å². The molecular weight excluding hydrogens is 350 g/mol. The number of aryl methyl sites for hydroxylation is 1. The lowest BCUT2D eigenvalue weighted by atomic mass is 10.3. The molecule has 7 heteroatoms. The molecule has 23 heavy (non-hydrogen) atoms. The van der Waals surface area contributed by atoms with Gasteiger partial charge in [-0.2, -0.15) is 0 Å². The third-order valence-corrected chi connectivity index (χ3v) is 4.80. The molecular formula is C16H16ClN3OS2. The molecule has 0 aliphatic rings. The Morgan fingerprint density at radius 3 is 2.83 bits per heavy atom. The van der Waals surface area contributed by atoms with Crippen molar-refractivity contribution in [3.8, 4) is 5.75 Å². The summed E-state index contributed by atoms with van der Waals surface area (Å²) in [5.74, 6) is 1.66. The summed E-state index contributed by atoms with van der Waals surface area (Å²) in [5, 5.41) is 6.15. The average molecular weight is 366 g/mol. The molecule has 0 bridgehead atoms. The summed E-state index contributed by atoms with van der Waals surface area (Å²) in [6, 6.07) is 12.0. The molecule has 0 aliphatic carbocycles. The molecule has 0 saturated carbocycles. The van der Waals surface area contributed by atoms with E-state index in [2.05, 4.69) is 21.4 Å². The highest BCUT2D eigenvalue weighted by Crippen LogP contribution is 2.35. The maximum Gasteiger partial charge on any atom is 0.188 e. The number of benzene rings is 1. The van der Waals surface area contributed by atoms with Crippen molar-refractivity contribution in [2.45, 2.75) is 16.7 Å². The van der Waals surface area contributed by atoms with Crippen LogP contribution in [0.3, 0.4) is 0 Å². The molecule has 120 valence electrons. The van der Waals surface area contributed by atoms with Crippen LogP contribution in [-0.4, -0.2) is 17.1 Å². The maximum atomic E-state index is 5.27. The second-order valence-electron chi connectivity index (χ2n) is 4.55. The largest absolute Gasteiger partial charge is 0.497 e. The maximum absolute atomic E-state index is 5.27. The highest BCUT2D eigenvalue weighted by Gasteiger charge is 2.08. The minimum Gasteiger partial charge on any atom is -0.497 e. The first kappa shape index (κ1) is 17.6. The summed E-state index contributed by atoms with van der Waals surface area (Å²) >= 11 is 3.22. The van der Waals surface area contributed by atoms with Gasteiger partial charge in [-0.05, 0) is 37.3 Å². The zero-order valence-corrected chi connectivity index (χ0v) is 15.1. The Balaban J connectivity index is 0.00000192. The van der Waals surface area contributed by atoms with Gasteiger partial charge in [0, 0.05) is 16.5 Å². The summed E-state index contributed by atoms with van der Waals surface area (Å²) < 4.78 is 5.27. The molecule has 0 unspecified atom stereocenters. The van der Waals surface area contributed by atoms with Gasteiger partial charge in [-0.15, -0.1) is 23.7 Å². The fourth-order valence-corrected chi connectivity index (χ4v) is 3.48. The number of halogens is 1. The molecule has 3 aromatic rings. The van der Waals surface area contributed by atoms with Gasteiger partial charge in [0.15, 0.2) is 5.13 Å². The molecule has 0 radical (unpaired) electrons. The summed E-state index contributed by atoms with van der Waals surface area (Å²) in [4.78, 5) is 11.0. The Labute approximate surface area is 149 Å². The first-order valence-corrected chi connectivity index (χ1v) is 8.40. The lowest BCUT2D eigenvalue weighted by Crippen LogP contribution is -1.95. The van der Waals surface area contributed by atoms with Crippen LogP contribution in [0.5, 0.6) is 5.75 Å². The molecule has 4 nitrogen and oxygen atoms in total. The van der Waals surface area contributed by atoms with Crippen molar-refractivity contribution in [3.63, 3.8) is 0 Å². The van der Waals surface area contributed by atoms with Gasteiger partial charge in [-0.3, -0.25) is 0 Å². The van der Waals surface area contributed by atoms with Gasteiger partial charge >= 0.3 is 0 Å². The summed E-state index contributed by atoms with van der Waals surface area (Å²) in [6.07, 6.45) is 1.78. The van der Waals surface area contributed by atoms with E-state index >= 15 is 0 Å². The van der Waals surface area contributed by atoms with Gasteiger partial charge in [-0.1, -0.05) is 17.8 Å². The topological polar surface area (TPSA) is 47.0 Å². The highest BCUT2D eigenvalue weighted by atomic mass is 35.5. The standard InChI is InChI=1S/C16H15N3OS2.ClH/c1-11-10-21-16(18-11)19-15-14(7-4-8-17-15)22-13-6-3-5-12(9-13)20-2;/h3-10H,1-2H3,(H,17,18,19);1H. The van der Waals surface area contributed by atoms with E-state index < -0.39 is 0 Å². The van der Waals surface area contributed by atoms with E-state index in [1.807, 2.05) is 42.6 Å². The van der Waals surface area contributed by atoms with Crippen LogP contribution in [0.4, 0.5) is 10.9 Å². The summed E-state index contributed by atoms with van der Waals surface area (Å²) in [6.45, 7) is 1.98. The lowest BCUT2D eigenvalue weighted by molar-refractivity contribution is 0.413. The number of anilines is 2. The molecule has 0 aliphatic heterocycles. The fourth-order valence-electron chi connectivity index (χ4n) is 1.87. The Hall–Kier alpha value is -1.76.